The Morgan fingerprint density at radius 2 is 1.12 bits per heavy atom. The highest BCUT2D eigenvalue weighted by molar-refractivity contribution is 9.25. The van der Waals surface area contributed by atoms with Crippen LogP contribution in [-0.4, -0.2) is 0 Å². The summed E-state index contributed by atoms with van der Waals surface area (Å²) in [6.45, 7) is 4.30. The monoisotopic (exact) mass is 474 g/mol. The van der Waals surface area contributed by atoms with Crippen LogP contribution in [-0.2, 0) is 6.47 Å². The molecule has 0 amide bonds. The van der Waals surface area contributed by atoms with Gasteiger partial charge in [0.1, 0.15) is 6.47 Å². The Hall–Kier alpha value is 1.14. The van der Waals surface area contributed by atoms with E-state index < -0.39 is 0 Å². The molecule has 16 heavy (non-hydrogen) atoms. The van der Waals surface area contributed by atoms with Crippen LogP contribution in [0.2, 0.25) is 0 Å². The average molecular weight is 478 g/mol. The predicted octanol–water partition coefficient (Wildman–Crippen LogP) is 6.39. The van der Waals surface area contributed by atoms with Gasteiger partial charge in [-0.2, -0.15) is 0 Å². The van der Waals surface area contributed by atoms with Crippen molar-refractivity contribution in [2.75, 3.05) is 0 Å². The van der Waals surface area contributed by atoms with Gasteiger partial charge in [0.25, 0.3) is 0 Å². The van der Waals surface area contributed by atoms with Crippen molar-refractivity contribution < 1.29 is 0 Å². The second-order valence-corrected chi connectivity index (χ2v) is 11.2. The fourth-order valence-corrected chi connectivity index (χ4v) is 2.88. The largest absolute Gasteiger partial charge is 0.105 e. The van der Waals surface area contributed by atoms with E-state index in [4.69, 9.17) is 0 Å². The minimum atomic E-state index is -0.154. The zero-order chi connectivity index (χ0) is 12.4. The van der Waals surface area contributed by atoms with Gasteiger partial charge in [0.05, 0.1) is 0 Å². The Labute approximate surface area is 131 Å². The van der Waals surface area contributed by atoms with Crippen LogP contribution in [0.3, 0.4) is 0 Å². The number of hydrogen-bond acceptors (Lipinski definition) is 0. The molecule has 0 aliphatic carbocycles. The summed E-state index contributed by atoms with van der Waals surface area (Å²) >= 11 is 14.9. The molecule has 1 rings (SSSR count). The Bertz CT molecular complexity index is 323. The van der Waals surface area contributed by atoms with Crippen molar-refractivity contribution in [2.45, 2.75) is 33.2 Å². The quantitative estimate of drug-likeness (QED) is 0.441. The fourth-order valence-electron chi connectivity index (χ4n) is 1.50. The molecule has 0 saturated heterocycles. The molecular formula is C12H14Br4. The molecule has 0 nitrogen and oxygen atoms in total. The lowest BCUT2D eigenvalue weighted by atomic mass is 9.99. The van der Waals surface area contributed by atoms with Crippen LogP contribution in [0.4, 0.5) is 0 Å². The van der Waals surface area contributed by atoms with Crippen LogP contribution < -0.4 is 0 Å². The summed E-state index contributed by atoms with van der Waals surface area (Å²) in [5, 5.41) is 0. The lowest BCUT2D eigenvalue weighted by Crippen LogP contribution is -2.17. The fraction of sp³-hybridized carbons (Fsp3) is 0.500. The van der Waals surface area contributed by atoms with E-state index in [2.05, 4.69) is 102 Å². The Morgan fingerprint density at radius 1 is 0.812 bits per heavy atom. The number of alkyl halides is 4. The van der Waals surface area contributed by atoms with Gasteiger partial charge in [-0.25, -0.2) is 0 Å². The van der Waals surface area contributed by atoms with Gasteiger partial charge in [-0.15, -0.1) is 0 Å². The maximum Gasteiger partial charge on any atom is 0.105 e. The summed E-state index contributed by atoms with van der Waals surface area (Å²) in [5.74, 6) is 0. The third kappa shape index (κ3) is 3.33. The van der Waals surface area contributed by atoms with Crippen LogP contribution in [0.5, 0.6) is 0 Å². The Morgan fingerprint density at radius 3 is 1.38 bits per heavy atom. The molecule has 0 spiro atoms. The summed E-state index contributed by atoms with van der Waals surface area (Å²) in [6, 6.07) is 8.43. The molecule has 1 aromatic rings. The summed E-state index contributed by atoms with van der Waals surface area (Å²) < 4.78 is -0.308. The summed E-state index contributed by atoms with van der Waals surface area (Å²) in [6.07, 6.45) is 1.95. The van der Waals surface area contributed by atoms with Crippen molar-refractivity contribution in [1.82, 2.24) is 0 Å². The first kappa shape index (κ1) is 15.2. The van der Waals surface area contributed by atoms with E-state index in [1.54, 1.807) is 0 Å². The number of benzene rings is 1. The molecule has 0 radical (unpaired) electrons. The van der Waals surface area contributed by atoms with Crippen LogP contribution in [0, 0.1) is 0 Å². The maximum atomic E-state index is 3.74. The second-order valence-electron chi connectivity index (χ2n) is 3.66. The number of rotatable bonds is 4. The van der Waals surface area contributed by atoms with Crippen molar-refractivity contribution >= 4 is 63.7 Å². The highest BCUT2D eigenvalue weighted by atomic mass is 79.9. The van der Waals surface area contributed by atoms with Gasteiger partial charge in [-0.05, 0) is 24.0 Å². The molecule has 1 aromatic carbocycles. The van der Waals surface area contributed by atoms with E-state index in [9.17, 15) is 0 Å². The van der Waals surface area contributed by atoms with Gasteiger partial charge in [0, 0.05) is 0 Å². The van der Waals surface area contributed by atoms with Gasteiger partial charge in [0.15, 0.2) is 0 Å². The summed E-state index contributed by atoms with van der Waals surface area (Å²) in [5.41, 5.74) is 2.52. The van der Waals surface area contributed by atoms with Crippen molar-refractivity contribution in [1.29, 1.82) is 0 Å². The lowest BCUT2D eigenvalue weighted by molar-refractivity contribution is 0.802. The molecule has 90 valence electrons. The maximum absolute atomic E-state index is 3.74. The molecular weight excluding hydrogens is 464 g/mol. The van der Waals surface area contributed by atoms with Crippen molar-refractivity contribution in [3.05, 3.63) is 35.4 Å². The number of halogens is 4. The minimum absolute atomic E-state index is 0.154. The molecule has 4 heteroatoms. The van der Waals surface area contributed by atoms with Crippen molar-refractivity contribution in [3.8, 4) is 0 Å². The van der Waals surface area contributed by atoms with Gasteiger partial charge in [-0.1, -0.05) is 102 Å². The number of hydrogen-bond donors (Lipinski definition) is 0. The summed E-state index contributed by atoms with van der Waals surface area (Å²) in [4.78, 5) is 0. The van der Waals surface area contributed by atoms with Gasteiger partial charge in [0.2, 0.25) is 0 Å². The molecule has 0 unspecified atom stereocenters. The molecule has 0 bridgehead atoms. The zero-order valence-electron chi connectivity index (χ0n) is 9.24. The van der Waals surface area contributed by atoms with E-state index in [0.717, 1.165) is 12.8 Å². The molecule has 0 aliphatic rings. The summed E-state index contributed by atoms with van der Waals surface area (Å²) in [7, 11) is 0. The zero-order valence-corrected chi connectivity index (χ0v) is 15.6. The molecule has 0 aromatic heterocycles. The van der Waals surface area contributed by atoms with Crippen LogP contribution >= 0.6 is 63.7 Å². The SMILES string of the molecule is CCC(Br)(Br)c1ccccc1C(Br)(Br)CC. The lowest BCUT2D eigenvalue weighted by Gasteiger charge is -2.28. The second kappa shape index (κ2) is 5.85. The normalized spacial score (nSPS) is 12.9. The highest BCUT2D eigenvalue weighted by Crippen LogP contribution is 2.50. The van der Waals surface area contributed by atoms with Crippen LogP contribution in [0.15, 0.2) is 24.3 Å². The third-order valence-electron chi connectivity index (χ3n) is 2.60. The first-order valence-corrected chi connectivity index (χ1v) is 8.38. The molecule has 0 saturated carbocycles. The highest BCUT2D eigenvalue weighted by Gasteiger charge is 2.33. The van der Waals surface area contributed by atoms with Crippen molar-refractivity contribution in [3.63, 3.8) is 0 Å². The predicted molar refractivity (Wildman–Crippen MR) is 86.1 cm³/mol. The van der Waals surface area contributed by atoms with Crippen molar-refractivity contribution in [2.24, 2.45) is 0 Å². The molecule has 0 heterocycles. The van der Waals surface area contributed by atoms with E-state index in [1.807, 2.05) is 0 Å². The smallest absolute Gasteiger partial charge is 0.0674 e. The standard InChI is InChI=1S/C12H14Br4/c1-3-11(13,14)9-7-5-6-8-10(9)12(15,16)4-2/h5-8H,3-4H2,1-2H3. The first-order chi connectivity index (χ1) is 7.35. The van der Waals surface area contributed by atoms with E-state index in [0.29, 0.717) is 0 Å². The van der Waals surface area contributed by atoms with E-state index in [1.165, 1.54) is 11.1 Å². The molecule has 0 N–H and O–H groups in total. The molecule has 0 atom stereocenters. The Balaban J connectivity index is 3.31. The van der Waals surface area contributed by atoms with E-state index >= 15 is 0 Å². The van der Waals surface area contributed by atoms with Gasteiger partial charge < -0.3 is 0 Å². The van der Waals surface area contributed by atoms with Gasteiger partial charge in [-0.3, -0.25) is 0 Å². The first-order valence-electron chi connectivity index (χ1n) is 5.20. The minimum Gasteiger partial charge on any atom is -0.0674 e. The topological polar surface area (TPSA) is 0 Å². The van der Waals surface area contributed by atoms with Gasteiger partial charge >= 0.3 is 0 Å². The average Bonchev–Trinajstić information content (AvgIpc) is 2.29. The molecule has 0 fully saturated rings. The Kier molecular flexibility index (Phi) is 5.56. The van der Waals surface area contributed by atoms with E-state index in [-0.39, 0.29) is 6.47 Å². The van der Waals surface area contributed by atoms with Crippen LogP contribution in [0.1, 0.15) is 37.8 Å². The molecule has 0 aliphatic heterocycles. The third-order valence-corrected chi connectivity index (χ3v) is 6.55. The van der Waals surface area contributed by atoms with Crippen LogP contribution in [0.25, 0.3) is 0 Å².